The first-order valence-corrected chi connectivity index (χ1v) is 10.9. The Bertz CT molecular complexity index is 1330. The fourth-order valence-electron chi connectivity index (χ4n) is 4.20. The topological polar surface area (TPSA) is 110 Å². The number of ketones is 1. The molecule has 9 heteroatoms. The van der Waals surface area contributed by atoms with Crippen molar-refractivity contribution < 1.29 is 23.9 Å². The van der Waals surface area contributed by atoms with E-state index in [4.69, 9.17) is 19.6 Å². The van der Waals surface area contributed by atoms with E-state index in [1.165, 1.54) is 18.4 Å². The summed E-state index contributed by atoms with van der Waals surface area (Å²) in [5, 5.41) is 17.7. The van der Waals surface area contributed by atoms with Gasteiger partial charge in [0.05, 0.1) is 12.0 Å². The second kappa shape index (κ2) is 8.07. The van der Waals surface area contributed by atoms with Gasteiger partial charge in [0.15, 0.2) is 23.9 Å². The number of fused-ring (bicyclic) bond motifs is 2. The van der Waals surface area contributed by atoms with Gasteiger partial charge in [0.1, 0.15) is 17.7 Å². The lowest BCUT2D eigenvalue weighted by Gasteiger charge is -2.26. The molecule has 0 saturated carbocycles. The molecule has 1 aromatic heterocycles. The minimum Gasteiger partial charge on any atom is -0.493 e. The summed E-state index contributed by atoms with van der Waals surface area (Å²) in [7, 11) is 1.47. The highest BCUT2D eigenvalue weighted by Crippen LogP contribution is 2.50. The maximum atomic E-state index is 13.7. The van der Waals surface area contributed by atoms with Gasteiger partial charge in [-0.3, -0.25) is 9.59 Å². The number of carbonyl (C=O) groups excluding carboxylic acids is 2. The Morgan fingerprint density at radius 2 is 2.09 bits per heavy atom. The number of hydrogen-bond donors (Lipinski definition) is 1. The van der Waals surface area contributed by atoms with E-state index in [1.54, 1.807) is 60.0 Å². The fourth-order valence-corrected chi connectivity index (χ4v) is 4.89. The van der Waals surface area contributed by atoms with E-state index < -0.39 is 17.4 Å². The quantitative estimate of drug-likeness (QED) is 0.563. The minimum atomic E-state index is -1.61. The number of thiophene rings is 1. The Labute approximate surface area is 193 Å². The van der Waals surface area contributed by atoms with E-state index in [1.807, 2.05) is 6.07 Å². The number of Topliss-reactive ketones (excluding diaryl/α,β-unsaturated/α-hetero) is 1. The molecule has 0 radical (unpaired) electrons. The van der Waals surface area contributed by atoms with E-state index in [0.29, 0.717) is 38.9 Å². The summed E-state index contributed by atoms with van der Waals surface area (Å²) in [6.45, 7) is -0.140. The Hall–Kier alpha value is -4.16. The molecule has 0 bridgehead atoms. The van der Waals surface area contributed by atoms with Crippen LogP contribution in [0.5, 0.6) is 11.5 Å². The van der Waals surface area contributed by atoms with Crippen molar-refractivity contribution in [3.05, 3.63) is 76.0 Å². The first kappa shape index (κ1) is 20.7. The predicted octanol–water partition coefficient (Wildman–Crippen LogP) is 3.74. The van der Waals surface area contributed by atoms with Crippen LogP contribution in [0.3, 0.4) is 0 Å². The largest absolute Gasteiger partial charge is 0.493 e. The van der Waals surface area contributed by atoms with Crippen molar-refractivity contribution in [2.45, 2.75) is 5.60 Å². The average Bonchev–Trinajstić information content (AvgIpc) is 3.57. The molecule has 0 unspecified atom stereocenters. The number of hydrogen-bond acceptors (Lipinski definition) is 8. The molecule has 2 aromatic carbocycles. The average molecular weight is 459 g/mol. The van der Waals surface area contributed by atoms with Crippen molar-refractivity contribution in [2.75, 3.05) is 19.0 Å². The molecule has 5 rings (SSSR count). The smallest absolute Gasteiger partial charge is 0.277 e. The zero-order chi connectivity index (χ0) is 23.0. The normalized spacial score (nSPS) is 20.4. The summed E-state index contributed by atoms with van der Waals surface area (Å²) in [4.78, 5) is 33.4. The van der Waals surface area contributed by atoms with Gasteiger partial charge in [0, 0.05) is 16.8 Å². The third-order valence-electron chi connectivity index (χ3n) is 5.66. The second-order valence-electron chi connectivity index (χ2n) is 7.39. The van der Waals surface area contributed by atoms with Gasteiger partial charge < -0.3 is 19.6 Å². The van der Waals surface area contributed by atoms with Crippen LogP contribution in [0.15, 0.2) is 65.1 Å². The highest BCUT2D eigenvalue weighted by molar-refractivity contribution is 7.12. The summed E-state index contributed by atoms with van der Waals surface area (Å²) in [6.07, 6.45) is 0. The molecule has 0 saturated heterocycles. The zero-order valence-electron chi connectivity index (χ0n) is 17.4. The molecule has 3 heterocycles. The molecule has 1 spiro atoms. The number of carbonyl (C=O) groups is 2. The summed E-state index contributed by atoms with van der Waals surface area (Å²) >= 11 is 1.29. The molecule has 33 heavy (non-hydrogen) atoms. The summed E-state index contributed by atoms with van der Waals surface area (Å²) in [5.41, 5.74) is 0.381. The summed E-state index contributed by atoms with van der Waals surface area (Å²) in [5.74, 6) is -0.988. The molecule has 0 fully saturated rings. The van der Waals surface area contributed by atoms with Gasteiger partial charge in [-0.15, -0.1) is 11.3 Å². The van der Waals surface area contributed by atoms with Crippen LogP contribution in [0.25, 0.3) is 0 Å². The number of amides is 1. The van der Waals surface area contributed by atoms with Crippen LogP contribution in [-0.4, -0.2) is 31.1 Å². The third-order valence-corrected chi connectivity index (χ3v) is 6.54. The van der Waals surface area contributed by atoms with Crippen LogP contribution >= 0.6 is 11.3 Å². The molecule has 1 amide bonds. The van der Waals surface area contributed by atoms with E-state index in [9.17, 15) is 9.59 Å². The van der Waals surface area contributed by atoms with Crippen molar-refractivity contribution >= 4 is 34.4 Å². The molecular weight excluding hydrogens is 442 g/mol. The molecule has 0 aliphatic carbocycles. The van der Waals surface area contributed by atoms with Gasteiger partial charge >= 0.3 is 0 Å². The van der Waals surface area contributed by atoms with Crippen LogP contribution in [0.4, 0.5) is 5.69 Å². The number of nitrogens with zero attached hydrogens (tertiary/aromatic N) is 2. The lowest BCUT2D eigenvalue weighted by Crippen LogP contribution is -2.46. The van der Waals surface area contributed by atoms with Gasteiger partial charge in [-0.1, -0.05) is 29.4 Å². The van der Waals surface area contributed by atoms with Gasteiger partial charge in [0.25, 0.3) is 11.5 Å². The Morgan fingerprint density at radius 3 is 2.85 bits per heavy atom. The van der Waals surface area contributed by atoms with Crippen molar-refractivity contribution in [1.29, 1.82) is 5.26 Å². The number of anilines is 1. The van der Waals surface area contributed by atoms with Crippen molar-refractivity contribution in [2.24, 2.45) is 11.1 Å². The highest BCUT2D eigenvalue weighted by atomic mass is 32.1. The van der Waals surface area contributed by atoms with E-state index in [-0.39, 0.29) is 12.4 Å². The molecule has 2 atom stereocenters. The third kappa shape index (κ3) is 3.15. The minimum absolute atomic E-state index is 0.140. The number of oxime groups is 1. The zero-order valence-corrected chi connectivity index (χ0v) is 18.2. The molecule has 164 valence electrons. The van der Waals surface area contributed by atoms with Crippen LogP contribution < -0.4 is 14.8 Å². The van der Waals surface area contributed by atoms with Crippen LogP contribution in [0.2, 0.25) is 0 Å². The monoisotopic (exact) mass is 459 g/mol. The summed E-state index contributed by atoms with van der Waals surface area (Å²) in [6, 6.07) is 17.5. The van der Waals surface area contributed by atoms with Gasteiger partial charge in [-0.25, -0.2) is 0 Å². The number of nitrogens with one attached hydrogen (secondary N) is 1. The molecular formula is C24H17N3O5S. The van der Waals surface area contributed by atoms with Gasteiger partial charge in [0.2, 0.25) is 0 Å². The number of methoxy groups -OCH3 is 1. The van der Waals surface area contributed by atoms with Crippen molar-refractivity contribution in [3.8, 4) is 17.6 Å². The SMILES string of the molecule is COc1cc(C2=NO[C@]3(C(=O)Nc4ccccc43)[C@@H]2C(=O)c2cccs2)ccc1OCC#N. The van der Waals surface area contributed by atoms with Gasteiger partial charge in [-0.05, 0) is 35.7 Å². The molecule has 1 N–H and O–H groups in total. The van der Waals surface area contributed by atoms with Crippen LogP contribution in [0.1, 0.15) is 20.8 Å². The molecule has 2 aliphatic rings. The standard InChI is InChI=1S/C24H17N3O5S/c1-30-18-13-14(8-9-17(18)31-11-10-25)21-20(22(28)19-7-4-12-33-19)24(32-27-21)15-5-2-3-6-16(15)26-23(24)29/h2-9,12-13,20H,11H2,1H3,(H,26,29)/t20-,24-/m0/s1. The lowest BCUT2D eigenvalue weighted by molar-refractivity contribution is -0.140. The predicted molar refractivity (Wildman–Crippen MR) is 121 cm³/mol. The summed E-state index contributed by atoms with van der Waals surface area (Å²) < 4.78 is 10.8. The number of benzene rings is 2. The first-order valence-electron chi connectivity index (χ1n) is 10.0. The van der Waals surface area contributed by atoms with E-state index >= 15 is 0 Å². The van der Waals surface area contributed by atoms with Crippen LogP contribution in [-0.2, 0) is 15.2 Å². The van der Waals surface area contributed by atoms with Crippen LogP contribution in [0, 0.1) is 17.2 Å². The number of ether oxygens (including phenoxy) is 2. The van der Waals surface area contributed by atoms with Gasteiger partial charge in [-0.2, -0.15) is 5.26 Å². The van der Waals surface area contributed by atoms with Crippen molar-refractivity contribution in [1.82, 2.24) is 0 Å². The molecule has 8 nitrogen and oxygen atoms in total. The van der Waals surface area contributed by atoms with Crippen molar-refractivity contribution in [3.63, 3.8) is 0 Å². The maximum Gasteiger partial charge on any atom is 0.277 e. The Morgan fingerprint density at radius 1 is 1.24 bits per heavy atom. The molecule has 3 aromatic rings. The first-order chi connectivity index (χ1) is 16.1. The second-order valence-corrected chi connectivity index (χ2v) is 8.34. The van der Waals surface area contributed by atoms with E-state index in [0.717, 1.165) is 0 Å². The highest BCUT2D eigenvalue weighted by Gasteiger charge is 2.63. The lowest BCUT2D eigenvalue weighted by atomic mass is 9.75. The van der Waals surface area contributed by atoms with E-state index in [2.05, 4.69) is 10.5 Å². The molecule has 2 aliphatic heterocycles. The number of rotatable bonds is 6. The maximum absolute atomic E-state index is 13.7. The number of nitriles is 1. The Kier molecular flexibility index (Phi) is 5.07. The Balaban J connectivity index is 1.64. The number of para-hydroxylation sites is 1. The fraction of sp³-hybridized carbons (Fsp3) is 0.167.